The summed E-state index contributed by atoms with van der Waals surface area (Å²) in [4.78, 5) is 4.29. The van der Waals surface area contributed by atoms with Gasteiger partial charge in [0.15, 0.2) is 5.11 Å². The summed E-state index contributed by atoms with van der Waals surface area (Å²) in [6.07, 6.45) is -4.25. The normalized spacial score (nSPS) is 15.6. The summed E-state index contributed by atoms with van der Waals surface area (Å²) in [6, 6.07) is 2.83. The Labute approximate surface area is 148 Å². The van der Waals surface area contributed by atoms with Crippen LogP contribution in [0.15, 0.2) is 17.0 Å². The van der Waals surface area contributed by atoms with E-state index in [0.29, 0.717) is 59.2 Å². The molecule has 0 spiro atoms. The number of halogens is 4. The number of hydrogen-bond donors (Lipinski definition) is 1. The highest BCUT2D eigenvalue weighted by Gasteiger charge is 2.28. The molecule has 1 aliphatic rings. The number of thioether (sulfide) groups is 1. The largest absolute Gasteiger partial charge is 0.398 e. The van der Waals surface area contributed by atoms with Crippen molar-refractivity contribution < 1.29 is 17.6 Å². The maximum absolute atomic E-state index is 14.3. The lowest BCUT2D eigenvalue weighted by atomic mass is 10.2. The van der Waals surface area contributed by atoms with Gasteiger partial charge >= 0.3 is 6.18 Å². The van der Waals surface area contributed by atoms with Crippen molar-refractivity contribution in [2.75, 3.05) is 43.9 Å². The Morgan fingerprint density at radius 2 is 1.88 bits per heavy atom. The molecule has 0 saturated carbocycles. The first-order chi connectivity index (χ1) is 11.2. The smallest absolute Gasteiger partial charge is 0.366 e. The molecule has 1 aliphatic heterocycles. The second-order valence-corrected chi connectivity index (χ2v) is 6.91. The number of anilines is 1. The van der Waals surface area contributed by atoms with Gasteiger partial charge in [0, 0.05) is 38.1 Å². The van der Waals surface area contributed by atoms with Crippen molar-refractivity contribution in [3.05, 3.63) is 23.5 Å². The molecular formula is C15H19F4N3S2. The zero-order valence-electron chi connectivity index (χ0n) is 13.4. The highest BCUT2D eigenvalue weighted by atomic mass is 32.2. The van der Waals surface area contributed by atoms with Crippen molar-refractivity contribution in [2.24, 2.45) is 0 Å². The molecular weight excluding hydrogens is 362 g/mol. The van der Waals surface area contributed by atoms with Gasteiger partial charge in [0.2, 0.25) is 0 Å². The van der Waals surface area contributed by atoms with E-state index in [9.17, 15) is 17.6 Å². The van der Waals surface area contributed by atoms with Gasteiger partial charge in [-0.15, -0.1) is 11.8 Å². The van der Waals surface area contributed by atoms with Crippen LogP contribution in [0.1, 0.15) is 5.56 Å². The summed E-state index contributed by atoms with van der Waals surface area (Å²) in [7, 11) is 1.75. The summed E-state index contributed by atoms with van der Waals surface area (Å²) >= 11 is 5.87. The Balaban J connectivity index is 2.11. The predicted molar refractivity (Wildman–Crippen MR) is 93.4 cm³/mol. The van der Waals surface area contributed by atoms with E-state index in [1.165, 1.54) is 12.1 Å². The molecule has 134 valence electrons. The van der Waals surface area contributed by atoms with Gasteiger partial charge in [-0.2, -0.15) is 13.2 Å². The zero-order chi connectivity index (χ0) is 17.9. The van der Waals surface area contributed by atoms with Crippen molar-refractivity contribution in [3.63, 3.8) is 0 Å². The highest BCUT2D eigenvalue weighted by molar-refractivity contribution is 7.99. The molecule has 0 radical (unpaired) electrons. The van der Waals surface area contributed by atoms with Crippen LogP contribution in [0.2, 0.25) is 0 Å². The summed E-state index contributed by atoms with van der Waals surface area (Å²) in [5, 5.41) is 3.54. The average Bonchev–Trinajstić information content (AvgIpc) is 2.52. The number of benzene rings is 1. The number of aryl methyl sites for hydroxylation is 1. The molecule has 1 aromatic rings. The Kier molecular flexibility index (Phi) is 6.19. The molecule has 0 aromatic heterocycles. The Bertz CT molecular complexity index is 599. The van der Waals surface area contributed by atoms with Crippen molar-refractivity contribution in [1.82, 2.24) is 10.2 Å². The molecule has 1 fully saturated rings. The number of thiocarbonyl (C=S) groups is 1. The van der Waals surface area contributed by atoms with Crippen LogP contribution in [0.5, 0.6) is 0 Å². The van der Waals surface area contributed by atoms with E-state index in [-0.39, 0.29) is 0 Å². The van der Waals surface area contributed by atoms with Crippen LogP contribution in [0, 0.1) is 12.7 Å². The molecule has 0 unspecified atom stereocenters. The van der Waals surface area contributed by atoms with Crippen molar-refractivity contribution in [1.29, 1.82) is 0 Å². The van der Waals surface area contributed by atoms with Crippen LogP contribution in [0.25, 0.3) is 0 Å². The van der Waals surface area contributed by atoms with Crippen LogP contribution in [0.4, 0.5) is 23.2 Å². The Morgan fingerprint density at radius 1 is 1.25 bits per heavy atom. The molecule has 0 aliphatic carbocycles. The van der Waals surface area contributed by atoms with Crippen molar-refractivity contribution in [3.8, 4) is 0 Å². The molecule has 0 atom stereocenters. The lowest BCUT2D eigenvalue weighted by Gasteiger charge is -2.37. The van der Waals surface area contributed by atoms with Gasteiger partial charge in [0.25, 0.3) is 0 Å². The zero-order valence-corrected chi connectivity index (χ0v) is 15.0. The number of nitrogens with one attached hydrogen (secondary N) is 1. The third-order valence-corrected chi connectivity index (χ3v) is 5.44. The number of alkyl halides is 3. The maximum Gasteiger partial charge on any atom is 0.398 e. The fraction of sp³-hybridized carbons (Fsp3) is 0.533. The molecule has 1 N–H and O–H groups in total. The van der Waals surface area contributed by atoms with Crippen molar-refractivity contribution in [2.45, 2.75) is 18.0 Å². The Morgan fingerprint density at radius 3 is 2.42 bits per heavy atom. The third kappa shape index (κ3) is 4.89. The number of rotatable bonds is 3. The topological polar surface area (TPSA) is 18.5 Å². The lowest BCUT2D eigenvalue weighted by molar-refractivity contribution is -0.105. The summed E-state index contributed by atoms with van der Waals surface area (Å²) in [5.41, 5.74) is 0.862. The summed E-state index contributed by atoms with van der Waals surface area (Å²) in [5.74, 6) is -1.39. The molecule has 3 nitrogen and oxygen atoms in total. The standard InChI is InChI=1S/C15H19F4N3S2/c1-10-7-11(16)12(8-13(10)24-9-15(17,18)19)21-3-5-22(6-4-21)14(23)20-2/h7-8H,3-6,9H2,1-2H3,(H,20,23). The van der Waals surface area contributed by atoms with Gasteiger partial charge < -0.3 is 15.1 Å². The van der Waals surface area contributed by atoms with E-state index in [1.54, 1.807) is 14.0 Å². The second-order valence-electron chi connectivity index (χ2n) is 5.50. The Hall–Kier alpha value is -1.22. The first-order valence-corrected chi connectivity index (χ1v) is 8.82. The van der Waals surface area contributed by atoms with E-state index in [4.69, 9.17) is 12.2 Å². The fourth-order valence-corrected chi connectivity index (χ4v) is 3.49. The third-order valence-electron chi connectivity index (χ3n) is 3.76. The van der Waals surface area contributed by atoms with Gasteiger partial charge in [-0.1, -0.05) is 0 Å². The van der Waals surface area contributed by atoms with Crippen LogP contribution < -0.4 is 10.2 Å². The van der Waals surface area contributed by atoms with Crippen LogP contribution in [0.3, 0.4) is 0 Å². The number of piperazine rings is 1. The van der Waals surface area contributed by atoms with E-state index in [1.807, 2.05) is 9.80 Å². The molecule has 24 heavy (non-hydrogen) atoms. The predicted octanol–water partition coefficient (Wildman–Crippen LogP) is 3.41. The molecule has 1 heterocycles. The summed E-state index contributed by atoms with van der Waals surface area (Å²) in [6.45, 7) is 4.02. The number of nitrogens with zero attached hydrogens (tertiary/aromatic N) is 2. The first kappa shape index (κ1) is 19.1. The molecule has 1 aromatic carbocycles. The van der Waals surface area contributed by atoms with E-state index in [0.717, 1.165) is 0 Å². The van der Waals surface area contributed by atoms with E-state index < -0.39 is 17.7 Å². The quantitative estimate of drug-likeness (QED) is 0.490. The van der Waals surface area contributed by atoms with Gasteiger partial charge in [-0.25, -0.2) is 4.39 Å². The average molecular weight is 381 g/mol. The van der Waals surface area contributed by atoms with Crippen LogP contribution >= 0.6 is 24.0 Å². The van der Waals surface area contributed by atoms with Gasteiger partial charge in [-0.05, 0) is 36.8 Å². The first-order valence-electron chi connectivity index (χ1n) is 7.42. The van der Waals surface area contributed by atoms with Gasteiger partial charge in [0.05, 0.1) is 11.4 Å². The number of hydrogen-bond acceptors (Lipinski definition) is 3. The summed E-state index contributed by atoms with van der Waals surface area (Å²) < 4.78 is 51.6. The molecule has 0 amide bonds. The second kappa shape index (κ2) is 7.77. The van der Waals surface area contributed by atoms with Crippen LogP contribution in [-0.2, 0) is 0 Å². The monoisotopic (exact) mass is 381 g/mol. The molecule has 1 saturated heterocycles. The molecule has 0 bridgehead atoms. The van der Waals surface area contributed by atoms with E-state index in [2.05, 4.69) is 5.32 Å². The van der Waals surface area contributed by atoms with Crippen molar-refractivity contribution >= 4 is 34.8 Å². The van der Waals surface area contributed by atoms with Gasteiger partial charge in [0.1, 0.15) is 5.82 Å². The maximum atomic E-state index is 14.3. The fourth-order valence-electron chi connectivity index (χ4n) is 2.51. The lowest BCUT2D eigenvalue weighted by Crippen LogP contribution is -2.51. The van der Waals surface area contributed by atoms with E-state index >= 15 is 0 Å². The highest BCUT2D eigenvalue weighted by Crippen LogP contribution is 2.34. The minimum Gasteiger partial charge on any atom is -0.366 e. The molecule has 9 heteroatoms. The van der Waals surface area contributed by atoms with Crippen LogP contribution in [-0.4, -0.2) is 55.2 Å². The SMILES string of the molecule is CNC(=S)N1CCN(c2cc(SCC(F)(F)F)c(C)cc2F)CC1. The minimum absolute atomic E-state index is 0.348. The van der Waals surface area contributed by atoms with Gasteiger partial charge in [-0.3, -0.25) is 0 Å². The minimum atomic E-state index is -4.25. The molecule has 2 rings (SSSR count).